The molecule has 1 aromatic heterocycles. The molecule has 0 N–H and O–H groups in total. The number of aromatic nitrogens is 2. The van der Waals surface area contributed by atoms with Gasteiger partial charge in [0.15, 0.2) is 0 Å². The van der Waals surface area contributed by atoms with E-state index in [1.807, 2.05) is 22.6 Å². The highest BCUT2D eigenvalue weighted by molar-refractivity contribution is 14.1. The van der Waals surface area contributed by atoms with E-state index in [1.165, 1.54) is 11.8 Å². The van der Waals surface area contributed by atoms with Crippen LogP contribution in [0.3, 0.4) is 0 Å². The molecule has 0 spiro atoms. The Labute approximate surface area is 129 Å². The molecule has 1 aromatic rings. The van der Waals surface area contributed by atoms with Crippen molar-refractivity contribution >= 4 is 46.3 Å². The molecule has 0 saturated heterocycles. The number of ether oxygens (including phenoxy) is 2. The quantitative estimate of drug-likeness (QED) is 0.414. The SMILES string of the molecule is CCOC(=O)CSc1c(C(=O)OCC)c(I)nn1C. The lowest BCUT2D eigenvalue weighted by atomic mass is 10.4. The lowest BCUT2D eigenvalue weighted by Crippen LogP contribution is -2.10. The number of nitrogens with zero attached hydrogens (tertiary/aromatic N) is 2. The van der Waals surface area contributed by atoms with Crippen molar-refractivity contribution in [3.05, 3.63) is 9.26 Å². The summed E-state index contributed by atoms with van der Waals surface area (Å²) >= 11 is 3.19. The molecule has 0 amide bonds. The summed E-state index contributed by atoms with van der Waals surface area (Å²) in [6.45, 7) is 4.13. The molecule has 0 aromatic carbocycles. The predicted octanol–water partition coefficient (Wildman–Crippen LogP) is 1.86. The van der Waals surface area contributed by atoms with E-state index in [0.717, 1.165) is 0 Å². The van der Waals surface area contributed by atoms with Gasteiger partial charge >= 0.3 is 11.9 Å². The molecule has 1 heterocycles. The molecule has 8 heteroatoms. The van der Waals surface area contributed by atoms with Crippen molar-refractivity contribution < 1.29 is 19.1 Å². The fraction of sp³-hybridized carbons (Fsp3) is 0.545. The van der Waals surface area contributed by atoms with Crippen LogP contribution in [0, 0.1) is 3.70 Å². The molecule has 1 rings (SSSR count). The molecule has 0 atom stereocenters. The maximum atomic E-state index is 11.9. The van der Waals surface area contributed by atoms with Crippen LogP contribution in [0.2, 0.25) is 0 Å². The van der Waals surface area contributed by atoms with Gasteiger partial charge in [-0.3, -0.25) is 9.48 Å². The number of carbonyl (C=O) groups is 2. The van der Waals surface area contributed by atoms with E-state index in [9.17, 15) is 9.59 Å². The third kappa shape index (κ3) is 4.37. The van der Waals surface area contributed by atoms with E-state index in [0.29, 0.717) is 27.5 Å². The Bertz CT molecular complexity index is 476. The maximum Gasteiger partial charge on any atom is 0.343 e. The fourth-order valence-electron chi connectivity index (χ4n) is 1.35. The van der Waals surface area contributed by atoms with E-state index in [1.54, 1.807) is 25.6 Å². The largest absolute Gasteiger partial charge is 0.465 e. The van der Waals surface area contributed by atoms with Gasteiger partial charge in [0.05, 0.1) is 19.0 Å². The van der Waals surface area contributed by atoms with Crippen molar-refractivity contribution in [2.24, 2.45) is 7.05 Å². The average Bonchev–Trinajstić information content (AvgIpc) is 2.62. The number of carbonyl (C=O) groups excluding carboxylic acids is 2. The summed E-state index contributed by atoms with van der Waals surface area (Å²) < 4.78 is 12.0. The van der Waals surface area contributed by atoms with Crippen LogP contribution in [-0.2, 0) is 21.3 Å². The molecule has 0 aliphatic carbocycles. The first-order valence-corrected chi connectivity index (χ1v) is 7.75. The first-order chi connectivity index (χ1) is 9.01. The summed E-state index contributed by atoms with van der Waals surface area (Å²) in [7, 11) is 1.72. The van der Waals surface area contributed by atoms with Gasteiger partial charge in [0.2, 0.25) is 0 Å². The highest BCUT2D eigenvalue weighted by Gasteiger charge is 2.23. The standard InChI is InChI=1S/C11H15IN2O4S/c1-4-17-7(15)6-19-10-8(11(16)18-5-2)9(12)13-14(10)3/h4-6H2,1-3H3. The zero-order valence-corrected chi connectivity index (χ0v) is 13.9. The number of thioether (sulfide) groups is 1. The van der Waals surface area contributed by atoms with E-state index in [4.69, 9.17) is 9.47 Å². The number of hydrogen-bond donors (Lipinski definition) is 0. The molecule has 0 saturated carbocycles. The van der Waals surface area contributed by atoms with E-state index < -0.39 is 5.97 Å². The van der Waals surface area contributed by atoms with Crippen LogP contribution in [0.4, 0.5) is 0 Å². The van der Waals surface area contributed by atoms with Crippen molar-refractivity contribution in [2.45, 2.75) is 18.9 Å². The summed E-state index contributed by atoms with van der Waals surface area (Å²) in [6, 6.07) is 0. The van der Waals surface area contributed by atoms with Gasteiger partial charge in [0.25, 0.3) is 0 Å². The lowest BCUT2D eigenvalue weighted by Gasteiger charge is -2.05. The minimum Gasteiger partial charge on any atom is -0.465 e. The van der Waals surface area contributed by atoms with Gasteiger partial charge in [-0.2, -0.15) is 5.10 Å². The van der Waals surface area contributed by atoms with Crippen molar-refractivity contribution in [3.63, 3.8) is 0 Å². The minimum atomic E-state index is -0.425. The van der Waals surface area contributed by atoms with Crippen molar-refractivity contribution in [1.29, 1.82) is 0 Å². The lowest BCUT2D eigenvalue weighted by molar-refractivity contribution is -0.139. The van der Waals surface area contributed by atoms with E-state index >= 15 is 0 Å². The topological polar surface area (TPSA) is 70.4 Å². The van der Waals surface area contributed by atoms with Crippen molar-refractivity contribution in [2.75, 3.05) is 19.0 Å². The second kappa shape index (κ2) is 7.73. The van der Waals surface area contributed by atoms with Gasteiger partial charge in [0.1, 0.15) is 14.3 Å². The summed E-state index contributed by atoms with van der Waals surface area (Å²) in [6.07, 6.45) is 0. The van der Waals surface area contributed by atoms with Gasteiger partial charge in [-0.25, -0.2) is 4.79 Å². The van der Waals surface area contributed by atoms with Crippen molar-refractivity contribution in [1.82, 2.24) is 9.78 Å². The highest BCUT2D eigenvalue weighted by atomic mass is 127. The molecule has 0 unspecified atom stereocenters. The van der Waals surface area contributed by atoms with Crippen molar-refractivity contribution in [3.8, 4) is 0 Å². The van der Waals surface area contributed by atoms with Gasteiger partial charge < -0.3 is 9.47 Å². The van der Waals surface area contributed by atoms with E-state index in [-0.39, 0.29) is 11.7 Å². The smallest absolute Gasteiger partial charge is 0.343 e. The number of esters is 2. The monoisotopic (exact) mass is 398 g/mol. The Hall–Kier alpha value is -0.770. The molecular formula is C11H15IN2O4S. The number of halogens is 1. The number of aryl methyl sites for hydroxylation is 1. The highest BCUT2D eigenvalue weighted by Crippen LogP contribution is 2.27. The number of hydrogen-bond acceptors (Lipinski definition) is 6. The van der Waals surface area contributed by atoms with Crippen LogP contribution in [0.5, 0.6) is 0 Å². The molecule has 0 fully saturated rings. The van der Waals surface area contributed by atoms with Crippen LogP contribution in [0.25, 0.3) is 0 Å². The summed E-state index contributed by atoms with van der Waals surface area (Å²) in [4.78, 5) is 23.2. The first-order valence-electron chi connectivity index (χ1n) is 5.69. The second-order valence-corrected chi connectivity index (χ2v) is 5.39. The third-order valence-electron chi connectivity index (χ3n) is 2.06. The maximum absolute atomic E-state index is 11.9. The number of rotatable bonds is 6. The second-order valence-electron chi connectivity index (χ2n) is 3.41. The Morgan fingerprint density at radius 2 is 1.95 bits per heavy atom. The Balaban J connectivity index is 2.87. The molecule has 106 valence electrons. The fourth-order valence-corrected chi connectivity index (χ4v) is 3.22. The Kier molecular flexibility index (Phi) is 6.63. The Morgan fingerprint density at radius 1 is 1.32 bits per heavy atom. The van der Waals surface area contributed by atoms with Crippen LogP contribution in [0.1, 0.15) is 24.2 Å². The molecule has 0 radical (unpaired) electrons. The first kappa shape index (κ1) is 16.3. The normalized spacial score (nSPS) is 10.3. The molecule has 19 heavy (non-hydrogen) atoms. The average molecular weight is 398 g/mol. The molecule has 6 nitrogen and oxygen atoms in total. The van der Waals surface area contributed by atoms with Crippen LogP contribution >= 0.6 is 34.4 Å². The van der Waals surface area contributed by atoms with E-state index in [2.05, 4.69) is 5.10 Å². The van der Waals surface area contributed by atoms with Gasteiger partial charge in [-0.05, 0) is 36.4 Å². The molecule has 0 aliphatic heterocycles. The Morgan fingerprint density at radius 3 is 2.53 bits per heavy atom. The van der Waals surface area contributed by atoms with Crippen LogP contribution in [0.15, 0.2) is 5.03 Å². The molecule has 0 aliphatic rings. The zero-order valence-electron chi connectivity index (χ0n) is 10.9. The van der Waals surface area contributed by atoms with Gasteiger partial charge in [-0.1, -0.05) is 11.8 Å². The zero-order chi connectivity index (χ0) is 14.4. The van der Waals surface area contributed by atoms with Gasteiger partial charge in [0, 0.05) is 7.05 Å². The van der Waals surface area contributed by atoms with Crippen LogP contribution < -0.4 is 0 Å². The minimum absolute atomic E-state index is 0.135. The van der Waals surface area contributed by atoms with Crippen LogP contribution in [-0.4, -0.2) is 40.7 Å². The summed E-state index contributed by atoms with van der Waals surface area (Å²) in [5, 5.41) is 4.78. The summed E-state index contributed by atoms with van der Waals surface area (Å²) in [5.41, 5.74) is 0.402. The predicted molar refractivity (Wildman–Crippen MR) is 79.2 cm³/mol. The third-order valence-corrected chi connectivity index (χ3v) is 3.94. The molecule has 0 bridgehead atoms. The molecular weight excluding hydrogens is 383 g/mol. The van der Waals surface area contributed by atoms with Gasteiger partial charge in [-0.15, -0.1) is 0 Å². The summed E-state index contributed by atoms with van der Waals surface area (Å²) in [5.74, 6) is -0.611.